The summed E-state index contributed by atoms with van der Waals surface area (Å²) in [5.74, 6) is -0.129. The zero-order valence-electron chi connectivity index (χ0n) is 15.1. The number of likely N-dealkylation sites (tertiary alicyclic amines) is 1. The third-order valence-corrected chi connectivity index (χ3v) is 3.92. The molecule has 2 N–H and O–H groups in total. The van der Waals surface area contributed by atoms with Crippen LogP contribution in [-0.2, 0) is 9.53 Å². The first-order valence-electron chi connectivity index (χ1n) is 8.62. The molecule has 23 heavy (non-hydrogen) atoms. The highest BCUT2D eigenvalue weighted by Gasteiger charge is 2.35. The number of ether oxygens (including phenoxy) is 1. The van der Waals surface area contributed by atoms with Crippen LogP contribution in [0.15, 0.2) is 0 Å². The molecule has 0 aromatic rings. The van der Waals surface area contributed by atoms with Crippen molar-refractivity contribution in [2.24, 2.45) is 0 Å². The van der Waals surface area contributed by atoms with Crippen molar-refractivity contribution in [3.05, 3.63) is 0 Å². The van der Waals surface area contributed by atoms with Gasteiger partial charge in [-0.2, -0.15) is 0 Å². The number of carbonyl (C=O) groups is 2. The fourth-order valence-electron chi connectivity index (χ4n) is 2.82. The lowest BCUT2D eigenvalue weighted by Crippen LogP contribution is -2.50. The molecule has 1 aliphatic heterocycles. The second-order valence-electron chi connectivity index (χ2n) is 7.42. The molecule has 1 saturated heterocycles. The zero-order chi connectivity index (χ0) is 17.6. The van der Waals surface area contributed by atoms with E-state index in [1.807, 2.05) is 6.92 Å². The molecule has 0 bridgehead atoms. The Labute approximate surface area is 139 Å². The summed E-state index contributed by atoms with van der Waals surface area (Å²) in [6, 6.07) is -0.601. The predicted octanol–water partition coefficient (Wildman–Crippen LogP) is 2.44. The Morgan fingerprint density at radius 3 is 2.48 bits per heavy atom. The van der Waals surface area contributed by atoms with Crippen LogP contribution in [0.1, 0.15) is 66.7 Å². The number of hydrogen-bond donors (Lipinski definition) is 2. The van der Waals surface area contributed by atoms with Gasteiger partial charge in [0.15, 0.2) is 0 Å². The van der Waals surface area contributed by atoms with Crippen molar-refractivity contribution in [1.82, 2.24) is 10.2 Å². The largest absolute Gasteiger partial charge is 0.444 e. The van der Waals surface area contributed by atoms with E-state index in [1.165, 1.54) is 0 Å². The number of rotatable bonds is 6. The SMILES string of the molecule is CCCCCC(NC(=O)OC(C)(C)C)C(=O)N1CC(O)CC1C. The Balaban J connectivity index is 2.71. The quantitative estimate of drug-likeness (QED) is 0.734. The number of nitrogens with zero attached hydrogens (tertiary/aromatic N) is 1. The van der Waals surface area contributed by atoms with Crippen LogP contribution in [0.5, 0.6) is 0 Å². The minimum atomic E-state index is -0.599. The van der Waals surface area contributed by atoms with Gasteiger partial charge in [-0.1, -0.05) is 26.2 Å². The number of amides is 2. The van der Waals surface area contributed by atoms with Crippen molar-refractivity contribution >= 4 is 12.0 Å². The summed E-state index contributed by atoms with van der Waals surface area (Å²) in [6.45, 7) is 9.72. The maximum atomic E-state index is 12.7. The van der Waals surface area contributed by atoms with E-state index in [2.05, 4.69) is 12.2 Å². The van der Waals surface area contributed by atoms with E-state index in [-0.39, 0.29) is 11.9 Å². The molecular weight excluding hydrogens is 296 g/mol. The molecule has 1 fully saturated rings. The maximum absolute atomic E-state index is 12.7. The molecule has 0 spiro atoms. The maximum Gasteiger partial charge on any atom is 0.408 e. The molecule has 0 aromatic heterocycles. The lowest BCUT2D eigenvalue weighted by molar-refractivity contribution is -0.134. The Morgan fingerprint density at radius 2 is 2.00 bits per heavy atom. The van der Waals surface area contributed by atoms with Crippen molar-refractivity contribution in [2.75, 3.05) is 6.54 Å². The van der Waals surface area contributed by atoms with E-state index < -0.39 is 23.8 Å². The smallest absolute Gasteiger partial charge is 0.408 e. The van der Waals surface area contributed by atoms with Crippen molar-refractivity contribution < 1.29 is 19.4 Å². The second-order valence-corrected chi connectivity index (χ2v) is 7.42. The lowest BCUT2D eigenvalue weighted by Gasteiger charge is -2.28. The van der Waals surface area contributed by atoms with Gasteiger partial charge in [-0.05, 0) is 40.5 Å². The van der Waals surface area contributed by atoms with Gasteiger partial charge in [0, 0.05) is 12.6 Å². The summed E-state index contributed by atoms with van der Waals surface area (Å²) >= 11 is 0. The Morgan fingerprint density at radius 1 is 1.35 bits per heavy atom. The number of aliphatic hydroxyl groups is 1. The van der Waals surface area contributed by atoms with Gasteiger partial charge in [-0.15, -0.1) is 0 Å². The number of hydrogen-bond acceptors (Lipinski definition) is 4. The van der Waals surface area contributed by atoms with E-state index in [0.29, 0.717) is 19.4 Å². The van der Waals surface area contributed by atoms with E-state index in [0.717, 1.165) is 19.3 Å². The van der Waals surface area contributed by atoms with E-state index in [9.17, 15) is 14.7 Å². The molecule has 1 heterocycles. The van der Waals surface area contributed by atoms with Gasteiger partial charge in [0.2, 0.25) is 5.91 Å². The monoisotopic (exact) mass is 328 g/mol. The average Bonchev–Trinajstić information content (AvgIpc) is 2.74. The van der Waals surface area contributed by atoms with Gasteiger partial charge in [-0.3, -0.25) is 4.79 Å². The first-order chi connectivity index (χ1) is 10.6. The minimum absolute atomic E-state index is 0.00777. The van der Waals surface area contributed by atoms with Gasteiger partial charge in [-0.25, -0.2) is 4.79 Å². The van der Waals surface area contributed by atoms with E-state index in [4.69, 9.17) is 4.74 Å². The number of alkyl carbamates (subject to hydrolysis) is 1. The highest BCUT2D eigenvalue weighted by Crippen LogP contribution is 2.20. The van der Waals surface area contributed by atoms with Gasteiger partial charge in [0.1, 0.15) is 11.6 Å². The molecule has 2 amide bonds. The summed E-state index contributed by atoms with van der Waals surface area (Å²) in [6.07, 6.45) is 3.05. The number of nitrogens with one attached hydrogen (secondary N) is 1. The zero-order valence-corrected chi connectivity index (χ0v) is 15.1. The highest BCUT2D eigenvalue weighted by atomic mass is 16.6. The molecule has 3 unspecified atom stereocenters. The normalized spacial score (nSPS) is 22.8. The minimum Gasteiger partial charge on any atom is -0.444 e. The third kappa shape index (κ3) is 6.77. The molecular formula is C17H32N2O4. The molecule has 3 atom stereocenters. The molecule has 0 saturated carbocycles. The molecule has 0 aromatic carbocycles. The summed E-state index contributed by atoms with van der Waals surface area (Å²) < 4.78 is 5.27. The van der Waals surface area contributed by atoms with Crippen LogP contribution in [0.3, 0.4) is 0 Å². The number of aliphatic hydroxyl groups excluding tert-OH is 1. The van der Waals surface area contributed by atoms with E-state index >= 15 is 0 Å². The van der Waals surface area contributed by atoms with Crippen LogP contribution in [0.25, 0.3) is 0 Å². The van der Waals surface area contributed by atoms with Gasteiger partial charge in [0.25, 0.3) is 0 Å². The van der Waals surface area contributed by atoms with Gasteiger partial charge >= 0.3 is 6.09 Å². The number of unbranched alkanes of at least 4 members (excludes halogenated alkanes) is 2. The standard InChI is InChI=1S/C17H32N2O4/c1-6-7-8-9-14(18-16(22)23-17(3,4)5)15(21)19-11-13(20)10-12(19)2/h12-14,20H,6-11H2,1-5H3,(H,18,22). The fraction of sp³-hybridized carbons (Fsp3) is 0.882. The molecule has 6 nitrogen and oxygen atoms in total. The fourth-order valence-corrected chi connectivity index (χ4v) is 2.82. The van der Waals surface area contributed by atoms with Crippen molar-refractivity contribution in [2.45, 2.75) is 90.5 Å². The molecule has 1 aliphatic rings. The lowest BCUT2D eigenvalue weighted by atomic mass is 10.1. The van der Waals surface area contributed by atoms with Crippen molar-refractivity contribution in [1.29, 1.82) is 0 Å². The number of carbonyl (C=O) groups excluding carboxylic acids is 2. The molecule has 1 rings (SSSR count). The van der Waals surface area contributed by atoms with Crippen molar-refractivity contribution in [3.63, 3.8) is 0 Å². The van der Waals surface area contributed by atoms with Crippen LogP contribution in [0.4, 0.5) is 4.79 Å². The van der Waals surface area contributed by atoms with Crippen LogP contribution in [-0.4, -0.2) is 52.3 Å². The van der Waals surface area contributed by atoms with Gasteiger partial charge in [0.05, 0.1) is 6.10 Å². The summed E-state index contributed by atoms with van der Waals surface area (Å²) in [5, 5.41) is 12.5. The first kappa shape index (κ1) is 19.7. The van der Waals surface area contributed by atoms with E-state index in [1.54, 1.807) is 25.7 Å². The third-order valence-electron chi connectivity index (χ3n) is 3.92. The Kier molecular flexibility index (Phi) is 7.32. The highest BCUT2D eigenvalue weighted by molar-refractivity contribution is 5.86. The van der Waals surface area contributed by atoms with Crippen LogP contribution >= 0.6 is 0 Å². The summed E-state index contributed by atoms with van der Waals surface area (Å²) in [5.41, 5.74) is -0.599. The average molecular weight is 328 g/mol. The van der Waals surface area contributed by atoms with Crippen LogP contribution < -0.4 is 5.32 Å². The molecule has 0 aliphatic carbocycles. The van der Waals surface area contributed by atoms with Crippen LogP contribution in [0.2, 0.25) is 0 Å². The van der Waals surface area contributed by atoms with Crippen molar-refractivity contribution in [3.8, 4) is 0 Å². The second kappa shape index (κ2) is 8.52. The molecule has 6 heteroatoms. The number of β-amino-alcohol motifs (C(OH)–C–C–N with tert-alkyl or cyclic N) is 1. The van der Waals surface area contributed by atoms with Gasteiger partial charge < -0.3 is 20.1 Å². The summed E-state index contributed by atoms with van der Waals surface area (Å²) in [7, 11) is 0. The topological polar surface area (TPSA) is 78.9 Å². The van der Waals surface area contributed by atoms with Crippen LogP contribution in [0, 0.1) is 0 Å². The Hall–Kier alpha value is -1.30. The molecule has 0 radical (unpaired) electrons. The predicted molar refractivity (Wildman–Crippen MR) is 89.1 cm³/mol. The first-order valence-corrected chi connectivity index (χ1v) is 8.62. The molecule has 134 valence electrons. The Bertz CT molecular complexity index is 406. The summed E-state index contributed by atoms with van der Waals surface area (Å²) in [4.78, 5) is 26.4.